The summed E-state index contributed by atoms with van der Waals surface area (Å²) in [5, 5.41) is 0.201. The number of rotatable bonds is 5. The predicted octanol–water partition coefficient (Wildman–Crippen LogP) is 4.23. The number of hydrogen-bond acceptors (Lipinski definition) is 4. The molecular weight excluding hydrogens is 394 g/mol. The van der Waals surface area contributed by atoms with E-state index >= 15 is 0 Å². The first-order valence-corrected chi connectivity index (χ1v) is 12.7. The Morgan fingerprint density at radius 1 is 0.900 bits per heavy atom. The fraction of sp³-hybridized carbons (Fsp3) is 0.667. The summed E-state index contributed by atoms with van der Waals surface area (Å²) in [6, 6.07) is 11.0. The van der Waals surface area contributed by atoms with Gasteiger partial charge < -0.3 is 9.80 Å². The summed E-state index contributed by atoms with van der Waals surface area (Å²) in [4.78, 5) is 31.9. The fourth-order valence-electron chi connectivity index (χ4n) is 5.32. The van der Waals surface area contributed by atoms with Crippen LogP contribution in [0.15, 0.2) is 30.3 Å². The zero-order valence-corrected chi connectivity index (χ0v) is 18.8. The van der Waals surface area contributed by atoms with E-state index in [1.54, 1.807) is 0 Å². The average Bonchev–Trinajstić information content (AvgIpc) is 2.79. The van der Waals surface area contributed by atoms with Gasteiger partial charge in [0.15, 0.2) is 0 Å². The van der Waals surface area contributed by atoms with Crippen LogP contribution in [0, 0.1) is 5.92 Å². The van der Waals surface area contributed by atoms with Crippen LogP contribution in [0.5, 0.6) is 0 Å². The predicted molar refractivity (Wildman–Crippen MR) is 122 cm³/mol. The number of carbonyl (C=O) groups is 2. The molecule has 1 aliphatic carbocycles. The highest BCUT2D eigenvalue weighted by Crippen LogP contribution is 2.36. The highest BCUT2D eigenvalue weighted by atomic mass is 32.2. The van der Waals surface area contributed by atoms with Crippen LogP contribution in [-0.2, 0) is 11.3 Å². The second kappa shape index (κ2) is 10.7. The quantitative estimate of drug-likeness (QED) is 0.703. The minimum Gasteiger partial charge on any atom is -0.340 e. The normalized spacial score (nSPS) is 25.1. The van der Waals surface area contributed by atoms with E-state index in [0.717, 1.165) is 45.7 Å². The van der Waals surface area contributed by atoms with Crippen molar-refractivity contribution in [3.63, 3.8) is 0 Å². The highest BCUT2D eigenvalue weighted by Gasteiger charge is 2.35. The highest BCUT2D eigenvalue weighted by molar-refractivity contribution is 8.13. The third-order valence-corrected chi connectivity index (χ3v) is 7.88. The van der Waals surface area contributed by atoms with E-state index in [2.05, 4.69) is 34.1 Å². The molecule has 0 aromatic heterocycles. The first-order valence-electron chi connectivity index (χ1n) is 11.7. The molecule has 1 saturated carbocycles. The molecule has 2 saturated heterocycles. The molecule has 1 aromatic rings. The van der Waals surface area contributed by atoms with Crippen molar-refractivity contribution < 1.29 is 9.59 Å². The molecule has 2 heterocycles. The van der Waals surface area contributed by atoms with Crippen molar-refractivity contribution in [2.75, 3.05) is 38.5 Å². The maximum atomic E-state index is 12.8. The van der Waals surface area contributed by atoms with E-state index in [1.165, 1.54) is 49.4 Å². The molecule has 3 aliphatic rings. The molecule has 5 nitrogen and oxygen atoms in total. The monoisotopic (exact) mass is 429 g/mol. The minimum absolute atomic E-state index is 0.198. The molecule has 6 heteroatoms. The molecule has 3 fully saturated rings. The van der Waals surface area contributed by atoms with Crippen molar-refractivity contribution in [2.45, 2.75) is 57.5 Å². The Morgan fingerprint density at radius 3 is 2.43 bits per heavy atom. The second-order valence-corrected chi connectivity index (χ2v) is 10.0. The van der Waals surface area contributed by atoms with Crippen molar-refractivity contribution >= 4 is 22.9 Å². The molecule has 0 radical (unpaired) electrons. The van der Waals surface area contributed by atoms with Gasteiger partial charge in [0.1, 0.15) is 0 Å². The number of carbonyl (C=O) groups excluding carboxylic acids is 2. The smallest absolute Gasteiger partial charge is 0.281 e. The van der Waals surface area contributed by atoms with E-state index in [4.69, 9.17) is 0 Å². The van der Waals surface area contributed by atoms with Crippen LogP contribution in [0.1, 0.15) is 50.5 Å². The molecule has 4 rings (SSSR count). The van der Waals surface area contributed by atoms with Crippen molar-refractivity contribution in [2.24, 2.45) is 5.92 Å². The van der Waals surface area contributed by atoms with Gasteiger partial charge in [0.2, 0.25) is 5.91 Å². The van der Waals surface area contributed by atoms with Gasteiger partial charge in [0.05, 0.1) is 0 Å². The number of likely N-dealkylation sites (tertiary alicyclic amines) is 1. The summed E-state index contributed by atoms with van der Waals surface area (Å²) >= 11 is 1.36. The Morgan fingerprint density at radius 2 is 1.63 bits per heavy atom. The standard InChI is InChI=1S/C24H35N3O2S/c28-23(26-16-14-25(15-17-26)19-20-7-2-1-3-8-20)12-18-30-24(29)27-13-6-10-21-9-4-5-11-22(21)27/h1-3,7-8,21-22H,4-6,9-19H2. The van der Waals surface area contributed by atoms with Gasteiger partial charge in [-0.25, -0.2) is 0 Å². The molecule has 2 amide bonds. The summed E-state index contributed by atoms with van der Waals surface area (Å²) in [6.45, 7) is 5.28. The molecule has 1 aromatic carbocycles. The molecule has 2 unspecified atom stereocenters. The maximum absolute atomic E-state index is 12.8. The molecule has 0 spiro atoms. The number of hydrogen-bond donors (Lipinski definition) is 0. The van der Waals surface area contributed by atoms with Crippen LogP contribution in [0.2, 0.25) is 0 Å². The molecule has 0 bridgehead atoms. The van der Waals surface area contributed by atoms with Crippen molar-refractivity contribution in [1.82, 2.24) is 14.7 Å². The summed E-state index contributed by atoms with van der Waals surface area (Å²) in [7, 11) is 0. The topological polar surface area (TPSA) is 43.9 Å². The minimum atomic E-state index is 0.198. The number of fused-ring (bicyclic) bond motifs is 1. The van der Waals surface area contributed by atoms with Crippen LogP contribution in [0.3, 0.4) is 0 Å². The lowest BCUT2D eigenvalue weighted by Gasteiger charge is -2.43. The fourth-order valence-corrected chi connectivity index (χ4v) is 6.16. The lowest BCUT2D eigenvalue weighted by Crippen LogP contribution is -2.49. The maximum Gasteiger partial charge on any atom is 0.281 e. The summed E-state index contributed by atoms with van der Waals surface area (Å²) < 4.78 is 0. The van der Waals surface area contributed by atoms with Gasteiger partial charge in [0.25, 0.3) is 5.24 Å². The van der Waals surface area contributed by atoms with E-state index < -0.39 is 0 Å². The van der Waals surface area contributed by atoms with E-state index in [-0.39, 0.29) is 11.1 Å². The molecule has 30 heavy (non-hydrogen) atoms. The lowest BCUT2D eigenvalue weighted by atomic mass is 9.78. The van der Waals surface area contributed by atoms with Gasteiger partial charge in [-0.2, -0.15) is 0 Å². The second-order valence-electron chi connectivity index (χ2n) is 8.95. The van der Waals surface area contributed by atoms with E-state index in [0.29, 0.717) is 24.1 Å². The Hall–Kier alpha value is -1.53. The molecule has 2 aliphatic heterocycles. The van der Waals surface area contributed by atoms with Crippen molar-refractivity contribution in [3.8, 4) is 0 Å². The molecule has 2 atom stereocenters. The van der Waals surface area contributed by atoms with Crippen LogP contribution in [0.25, 0.3) is 0 Å². The first-order chi connectivity index (χ1) is 14.7. The number of nitrogens with zero attached hydrogens (tertiary/aromatic N) is 3. The number of benzene rings is 1. The number of piperidine rings is 1. The van der Waals surface area contributed by atoms with Crippen LogP contribution in [-0.4, -0.2) is 70.4 Å². The summed E-state index contributed by atoms with van der Waals surface area (Å²) in [5.41, 5.74) is 1.32. The molecule has 164 valence electrons. The summed E-state index contributed by atoms with van der Waals surface area (Å²) in [5.74, 6) is 1.52. The largest absolute Gasteiger partial charge is 0.340 e. The van der Waals surface area contributed by atoms with Gasteiger partial charge in [-0.15, -0.1) is 0 Å². The Bertz CT molecular complexity index is 704. The van der Waals surface area contributed by atoms with Crippen molar-refractivity contribution in [1.29, 1.82) is 0 Å². The SMILES string of the molecule is O=C(CCSC(=O)N1CCCC2CCCCC21)N1CCN(Cc2ccccc2)CC1. The van der Waals surface area contributed by atoms with Gasteiger partial charge in [-0.3, -0.25) is 14.5 Å². The number of amides is 2. The van der Waals surface area contributed by atoms with Gasteiger partial charge in [-0.1, -0.05) is 54.9 Å². The van der Waals surface area contributed by atoms with Crippen LogP contribution >= 0.6 is 11.8 Å². The Labute approximate surface area is 185 Å². The molecular formula is C24H35N3O2S. The third-order valence-electron chi connectivity index (χ3n) is 6.99. The zero-order chi connectivity index (χ0) is 20.8. The van der Waals surface area contributed by atoms with Gasteiger partial charge in [0, 0.05) is 57.5 Å². The zero-order valence-electron chi connectivity index (χ0n) is 18.0. The van der Waals surface area contributed by atoms with Gasteiger partial charge >= 0.3 is 0 Å². The first kappa shape index (κ1) is 21.7. The van der Waals surface area contributed by atoms with E-state index in [1.807, 2.05) is 11.0 Å². The average molecular weight is 430 g/mol. The number of thioether (sulfide) groups is 1. The van der Waals surface area contributed by atoms with Gasteiger partial charge in [-0.05, 0) is 37.2 Å². The molecule has 0 N–H and O–H groups in total. The summed E-state index contributed by atoms with van der Waals surface area (Å²) in [6.07, 6.45) is 7.93. The van der Waals surface area contributed by atoms with Crippen LogP contribution in [0.4, 0.5) is 4.79 Å². The Balaban J connectivity index is 1.16. The Kier molecular flexibility index (Phi) is 7.72. The lowest BCUT2D eigenvalue weighted by molar-refractivity contribution is -0.132. The van der Waals surface area contributed by atoms with Crippen molar-refractivity contribution in [3.05, 3.63) is 35.9 Å². The van der Waals surface area contributed by atoms with Crippen LogP contribution < -0.4 is 0 Å². The number of piperazine rings is 1. The van der Waals surface area contributed by atoms with E-state index in [9.17, 15) is 9.59 Å². The third kappa shape index (κ3) is 5.58.